The Morgan fingerprint density at radius 3 is 2.95 bits per heavy atom. The van der Waals surface area contributed by atoms with Gasteiger partial charge >= 0.3 is 5.97 Å². The van der Waals surface area contributed by atoms with Crippen molar-refractivity contribution in [2.75, 3.05) is 11.4 Å². The summed E-state index contributed by atoms with van der Waals surface area (Å²) in [4.78, 5) is 14.7. The minimum atomic E-state index is -0.852. The number of carboxylic acid groups (broad SMARTS) is 1. The Morgan fingerprint density at radius 2 is 2.29 bits per heavy atom. The van der Waals surface area contributed by atoms with E-state index in [1.54, 1.807) is 23.5 Å². The molecule has 0 amide bonds. The largest absolute Gasteiger partial charge is 0.479 e. The molecule has 1 N–H and O–H groups in total. The van der Waals surface area contributed by atoms with E-state index < -0.39 is 12.0 Å². The molecule has 1 aliphatic heterocycles. The molecule has 0 radical (unpaired) electrons. The predicted octanol–water partition coefficient (Wildman–Crippen LogP) is 3.57. The molecule has 1 atom stereocenters. The summed E-state index contributed by atoms with van der Waals surface area (Å²) in [6.07, 6.45) is 0.842. The van der Waals surface area contributed by atoms with Crippen molar-refractivity contribution in [3.8, 4) is 6.07 Å². The topological polar surface area (TPSA) is 64.3 Å². The van der Waals surface area contributed by atoms with Gasteiger partial charge in [0.15, 0.2) is 6.04 Å². The predicted molar refractivity (Wildman–Crippen MR) is 84.6 cm³/mol. The van der Waals surface area contributed by atoms with Crippen LogP contribution in [0.2, 0.25) is 0 Å². The molecule has 4 nitrogen and oxygen atoms in total. The number of carbonyl (C=O) groups is 1. The maximum absolute atomic E-state index is 11.7. The molecule has 2 aromatic rings. The first kappa shape index (κ1) is 14.1. The molecular formula is C15H11BrN2O2S. The van der Waals surface area contributed by atoms with Crippen LogP contribution in [0.25, 0.3) is 0 Å². The van der Waals surface area contributed by atoms with Gasteiger partial charge in [0.2, 0.25) is 0 Å². The Labute approximate surface area is 134 Å². The van der Waals surface area contributed by atoms with Gasteiger partial charge in [0, 0.05) is 21.6 Å². The standard InChI is InChI=1S/C15H11BrN2O2S/c16-12-7-10(2-1-9(12)8-17)18-5-3-13-11(4-6-21-13)14(18)15(19)20/h1-2,4,6-7,14H,3,5H2,(H,19,20). The highest BCUT2D eigenvalue weighted by atomic mass is 79.9. The monoisotopic (exact) mass is 362 g/mol. The van der Waals surface area contributed by atoms with E-state index in [0.717, 1.165) is 22.5 Å². The van der Waals surface area contributed by atoms with Crippen LogP contribution < -0.4 is 4.90 Å². The Balaban J connectivity index is 2.04. The van der Waals surface area contributed by atoms with Crippen molar-refractivity contribution in [1.29, 1.82) is 5.26 Å². The van der Waals surface area contributed by atoms with Crippen molar-refractivity contribution < 1.29 is 9.90 Å². The van der Waals surface area contributed by atoms with Crippen LogP contribution in [0, 0.1) is 11.3 Å². The van der Waals surface area contributed by atoms with Gasteiger partial charge in [0.25, 0.3) is 0 Å². The van der Waals surface area contributed by atoms with E-state index >= 15 is 0 Å². The van der Waals surface area contributed by atoms with Gasteiger partial charge in [0.1, 0.15) is 6.07 Å². The zero-order chi connectivity index (χ0) is 15.0. The maximum atomic E-state index is 11.7. The number of aliphatic carboxylic acids is 1. The summed E-state index contributed by atoms with van der Waals surface area (Å²) in [6, 6.07) is 8.64. The van der Waals surface area contributed by atoms with E-state index in [1.165, 1.54) is 0 Å². The van der Waals surface area contributed by atoms with Gasteiger partial charge in [-0.1, -0.05) is 0 Å². The lowest BCUT2D eigenvalue weighted by Crippen LogP contribution is -2.39. The SMILES string of the molecule is N#Cc1ccc(N2CCc3sccc3C2C(=O)O)cc1Br. The average molecular weight is 363 g/mol. The first-order valence-electron chi connectivity index (χ1n) is 6.37. The van der Waals surface area contributed by atoms with Crippen LogP contribution in [0.5, 0.6) is 0 Å². The molecule has 6 heteroatoms. The number of thiophene rings is 1. The quantitative estimate of drug-likeness (QED) is 0.886. The van der Waals surface area contributed by atoms with E-state index in [1.807, 2.05) is 22.4 Å². The number of carboxylic acids is 1. The van der Waals surface area contributed by atoms with Crippen LogP contribution in [0.15, 0.2) is 34.1 Å². The van der Waals surface area contributed by atoms with E-state index in [9.17, 15) is 9.90 Å². The highest BCUT2D eigenvalue weighted by Crippen LogP contribution is 2.37. The number of hydrogen-bond acceptors (Lipinski definition) is 4. The van der Waals surface area contributed by atoms with Crippen LogP contribution in [0.1, 0.15) is 22.0 Å². The second-order valence-corrected chi connectivity index (χ2v) is 6.61. The van der Waals surface area contributed by atoms with Crippen molar-refractivity contribution >= 4 is 38.9 Å². The summed E-state index contributed by atoms with van der Waals surface area (Å²) in [6.45, 7) is 0.656. The number of halogens is 1. The van der Waals surface area contributed by atoms with Crippen molar-refractivity contribution in [3.63, 3.8) is 0 Å². The van der Waals surface area contributed by atoms with E-state index in [4.69, 9.17) is 5.26 Å². The van der Waals surface area contributed by atoms with Crippen LogP contribution >= 0.6 is 27.3 Å². The molecule has 0 saturated carbocycles. The van der Waals surface area contributed by atoms with Crippen molar-refractivity contribution in [3.05, 3.63) is 50.1 Å². The summed E-state index contributed by atoms with van der Waals surface area (Å²) >= 11 is 4.97. The molecule has 21 heavy (non-hydrogen) atoms. The first-order valence-corrected chi connectivity index (χ1v) is 8.04. The normalized spacial score (nSPS) is 17.1. The number of hydrogen-bond donors (Lipinski definition) is 1. The number of fused-ring (bicyclic) bond motifs is 1. The number of benzene rings is 1. The lowest BCUT2D eigenvalue weighted by atomic mass is 9.99. The Bertz CT molecular complexity index is 750. The number of rotatable bonds is 2. The summed E-state index contributed by atoms with van der Waals surface area (Å²) in [5.74, 6) is -0.852. The fraction of sp³-hybridized carbons (Fsp3) is 0.200. The van der Waals surface area contributed by atoms with Crippen LogP contribution in [0.4, 0.5) is 5.69 Å². The number of nitrogens with zero attached hydrogens (tertiary/aromatic N) is 2. The van der Waals surface area contributed by atoms with Gasteiger partial charge in [-0.05, 0) is 57.6 Å². The second-order valence-electron chi connectivity index (χ2n) is 4.76. The van der Waals surface area contributed by atoms with Gasteiger partial charge in [0.05, 0.1) is 5.56 Å². The van der Waals surface area contributed by atoms with Crippen LogP contribution in [-0.2, 0) is 11.2 Å². The van der Waals surface area contributed by atoms with Crippen molar-refractivity contribution in [2.24, 2.45) is 0 Å². The van der Waals surface area contributed by atoms with Gasteiger partial charge in [-0.3, -0.25) is 0 Å². The van der Waals surface area contributed by atoms with Crippen molar-refractivity contribution in [1.82, 2.24) is 0 Å². The minimum absolute atomic E-state index is 0.541. The maximum Gasteiger partial charge on any atom is 0.331 e. The Kier molecular flexibility index (Phi) is 3.70. The highest BCUT2D eigenvalue weighted by Gasteiger charge is 2.34. The third-order valence-electron chi connectivity index (χ3n) is 3.60. The molecule has 2 heterocycles. The molecule has 1 aromatic heterocycles. The van der Waals surface area contributed by atoms with Gasteiger partial charge in [-0.25, -0.2) is 4.79 Å². The fourth-order valence-corrected chi connectivity index (χ4v) is 3.99. The number of nitriles is 1. The summed E-state index contributed by atoms with van der Waals surface area (Å²) in [5.41, 5.74) is 2.23. The van der Waals surface area contributed by atoms with Crippen LogP contribution in [-0.4, -0.2) is 17.6 Å². The fourth-order valence-electron chi connectivity index (χ4n) is 2.63. The summed E-state index contributed by atoms with van der Waals surface area (Å²) in [5, 5.41) is 20.5. The van der Waals surface area contributed by atoms with Gasteiger partial charge < -0.3 is 10.0 Å². The lowest BCUT2D eigenvalue weighted by molar-refractivity contribution is -0.138. The lowest BCUT2D eigenvalue weighted by Gasteiger charge is -2.35. The molecule has 3 rings (SSSR count). The zero-order valence-electron chi connectivity index (χ0n) is 10.9. The Hall–Kier alpha value is -1.84. The minimum Gasteiger partial charge on any atom is -0.479 e. The highest BCUT2D eigenvalue weighted by molar-refractivity contribution is 9.10. The molecule has 0 aliphatic carbocycles. The van der Waals surface area contributed by atoms with E-state index in [2.05, 4.69) is 22.0 Å². The molecule has 0 bridgehead atoms. The smallest absolute Gasteiger partial charge is 0.331 e. The number of anilines is 1. The first-order chi connectivity index (χ1) is 10.1. The van der Waals surface area contributed by atoms with Gasteiger partial charge in [-0.2, -0.15) is 5.26 Å². The third kappa shape index (κ3) is 2.43. The van der Waals surface area contributed by atoms with E-state index in [-0.39, 0.29) is 0 Å². The molecule has 0 saturated heterocycles. The molecule has 1 aromatic carbocycles. The Morgan fingerprint density at radius 1 is 1.48 bits per heavy atom. The summed E-state index contributed by atoms with van der Waals surface area (Å²) < 4.78 is 0.683. The van der Waals surface area contributed by atoms with E-state index in [0.29, 0.717) is 16.6 Å². The van der Waals surface area contributed by atoms with Gasteiger partial charge in [-0.15, -0.1) is 11.3 Å². The third-order valence-corrected chi connectivity index (χ3v) is 5.26. The summed E-state index contributed by atoms with van der Waals surface area (Å²) in [7, 11) is 0. The molecule has 1 unspecified atom stereocenters. The molecular weight excluding hydrogens is 352 g/mol. The van der Waals surface area contributed by atoms with Crippen molar-refractivity contribution in [2.45, 2.75) is 12.5 Å². The second kappa shape index (κ2) is 5.51. The molecule has 1 aliphatic rings. The zero-order valence-corrected chi connectivity index (χ0v) is 13.3. The molecule has 106 valence electrons. The van der Waals surface area contributed by atoms with Crippen LogP contribution in [0.3, 0.4) is 0 Å². The molecule has 0 spiro atoms. The average Bonchev–Trinajstić information content (AvgIpc) is 2.94. The molecule has 0 fully saturated rings.